The topological polar surface area (TPSA) is 96.0 Å². The van der Waals surface area contributed by atoms with Crippen molar-refractivity contribution >= 4 is 39.1 Å². The third-order valence-corrected chi connectivity index (χ3v) is 9.03. The third kappa shape index (κ3) is 8.26. The lowest BCUT2D eigenvalue weighted by molar-refractivity contribution is -0.140. The Morgan fingerprint density at radius 3 is 2.33 bits per heavy atom. The van der Waals surface area contributed by atoms with Gasteiger partial charge in [-0.1, -0.05) is 61.7 Å². The minimum Gasteiger partial charge on any atom is -0.497 e. The Kier molecular flexibility index (Phi) is 11.8. The van der Waals surface area contributed by atoms with Gasteiger partial charge in [-0.25, -0.2) is 8.42 Å². The second-order valence-electron chi connectivity index (χ2n) is 10.2. The van der Waals surface area contributed by atoms with E-state index in [0.717, 1.165) is 28.3 Å². The second-order valence-corrected chi connectivity index (χ2v) is 12.5. The average molecular weight is 614 g/mol. The highest BCUT2D eigenvalue weighted by Crippen LogP contribution is 2.30. The number of ether oxygens (including phenoxy) is 1. The summed E-state index contributed by atoms with van der Waals surface area (Å²) in [5.41, 5.74) is 2.58. The fraction of sp³-hybridized carbons (Fsp3) is 0.375. The van der Waals surface area contributed by atoms with E-state index in [-0.39, 0.29) is 17.3 Å². The first-order chi connectivity index (χ1) is 20.0. The molecule has 0 heterocycles. The molecule has 42 heavy (non-hydrogen) atoms. The molecule has 0 aliphatic heterocycles. The van der Waals surface area contributed by atoms with Gasteiger partial charge in [0, 0.05) is 18.1 Å². The van der Waals surface area contributed by atoms with Gasteiger partial charge in [-0.05, 0) is 80.3 Å². The van der Waals surface area contributed by atoms with Crippen LogP contribution in [0, 0.1) is 13.8 Å². The van der Waals surface area contributed by atoms with Crippen molar-refractivity contribution in [3.05, 3.63) is 88.4 Å². The first-order valence-corrected chi connectivity index (χ1v) is 15.9. The van der Waals surface area contributed by atoms with Crippen LogP contribution in [0.15, 0.2) is 71.6 Å². The Hall–Kier alpha value is -3.56. The quantitative estimate of drug-likeness (QED) is 0.229. The van der Waals surface area contributed by atoms with Gasteiger partial charge in [0.1, 0.15) is 18.3 Å². The van der Waals surface area contributed by atoms with Crippen molar-refractivity contribution in [1.82, 2.24) is 10.2 Å². The van der Waals surface area contributed by atoms with Gasteiger partial charge in [0.15, 0.2) is 0 Å². The molecule has 0 aliphatic carbocycles. The highest BCUT2D eigenvalue weighted by Gasteiger charge is 2.34. The molecule has 0 spiro atoms. The van der Waals surface area contributed by atoms with Crippen LogP contribution in [0.5, 0.6) is 5.75 Å². The summed E-state index contributed by atoms with van der Waals surface area (Å²) in [7, 11) is -2.61. The Labute approximate surface area is 254 Å². The molecule has 0 aliphatic rings. The summed E-state index contributed by atoms with van der Waals surface area (Å²) < 4.78 is 34.6. The van der Waals surface area contributed by atoms with Crippen LogP contribution >= 0.6 is 11.6 Å². The SMILES string of the molecule is CCCCNC(=O)[C@H](CC)N(Cc1cccc(OC)c1)C(=O)CN(c1ccc(Cl)cc1C)S(=O)(=O)c1ccc(C)cc1. The molecule has 0 radical (unpaired) electrons. The van der Waals surface area contributed by atoms with Crippen molar-refractivity contribution < 1.29 is 22.7 Å². The van der Waals surface area contributed by atoms with Crippen LogP contribution in [0.3, 0.4) is 0 Å². The number of unbranched alkanes of at least 4 members (excludes halogenated alkanes) is 1. The predicted molar refractivity (Wildman–Crippen MR) is 167 cm³/mol. The minimum atomic E-state index is -4.17. The van der Waals surface area contributed by atoms with Crippen LogP contribution in [-0.4, -0.2) is 51.4 Å². The van der Waals surface area contributed by atoms with E-state index < -0.39 is 28.5 Å². The average Bonchev–Trinajstić information content (AvgIpc) is 2.96. The highest BCUT2D eigenvalue weighted by atomic mass is 35.5. The molecule has 0 unspecified atom stereocenters. The van der Waals surface area contributed by atoms with Crippen LogP contribution in [0.25, 0.3) is 0 Å². The van der Waals surface area contributed by atoms with Crippen LogP contribution in [0.2, 0.25) is 5.02 Å². The van der Waals surface area contributed by atoms with Crippen LogP contribution in [0.1, 0.15) is 49.8 Å². The Morgan fingerprint density at radius 1 is 1.00 bits per heavy atom. The zero-order chi connectivity index (χ0) is 30.9. The molecule has 10 heteroatoms. The number of anilines is 1. The van der Waals surface area contributed by atoms with E-state index in [4.69, 9.17) is 16.3 Å². The molecule has 0 fully saturated rings. The lowest BCUT2D eigenvalue weighted by Gasteiger charge is -2.33. The summed E-state index contributed by atoms with van der Waals surface area (Å²) in [6, 6.07) is 17.8. The van der Waals surface area contributed by atoms with Crippen molar-refractivity contribution in [2.45, 2.75) is 64.4 Å². The van der Waals surface area contributed by atoms with E-state index >= 15 is 0 Å². The van der Waals surface area contributed by atoms with Crippen molar-refractivity contribution in [3.8, 4) is 5.75 Å². The number of carbonyl (C=O) groups excluding carboxylic acids is 2. The van der Waals surface area contributed by atoms with Gasteiger partial charge in [-0.15, -0.1) is 0 Å². The minimum absolute atomic E-state index is 0.0546. The Morgan fingerprint density at radius 2 is 1.71 bits per heavy atom. The van der Waals surface area contributed by atoms with E-state index in [2.05, 4.69) is 5.32 Å². The molecule has 226 valence electrons. The molecule has 3 rings (SSSR count). The molecule has 1 N–H and O–H groups in total. The van der Waals surface area contributed by atoms with E-state index in [0.29, 0.717) is 35.0 Å². The number of nitrogens with zero attached hydrogens (tertiary/aromatic N) is 2. The number of hydrogen-bond acceptors (Lipinski definition) is 5. The Balaban J connectivity index is 2.08. The van der Waals surface area contributed by atoms with Gasteiger partial charge in [0.2, 0.25) is 11.8 Å². The lowest BCUT2D eigenvalue weighted by atomic mass is 10.1. The number of hydrogen-bond donors (Lipinski definition) is 1. The van der Waals surface area contributed by atoms with Crippen molar-refractivity contribution in [3.63, 3.8) is 0 Å². The van der Waals surface area contributed by atoms with Gasteiger partial charge in [0.25, 0.3) is 10.0 Å². The molecule has 0 saturated carbocycles. The number of aryl methyl sites for hydroxylation is 2. The number of amides is 2. The van der Waals surface area contributed by atoms with E-state index in [1.54, 1.807) is 56.5 Å². The molecular formula is C32H40ClN3O5S. The third-order valence-electron chi connectivity index (χ3n) is 7.02. The van der Waals surface area contributed by atoms with E-state index in [1.165, 1.54) is 17.0 Å². The zero-order valence-electron chi connectivity index (χ0n) is 24.9. The number of halogens is 1. The van der Waals surface area contributed by atoms with Gasteiger partial charge in [-0.2, -0.15) is 0 Å². The summed E-state index contributed by atoms with van der Waals surface area (Å²) in [5.74, 6) is -0.182. The number of sulfonamides is 1. The smallest absolute Gasteiger partial charge is 0.264 e. The predicted octanol–water partition coefficient (Wildman–Crippen LogP) is 5.88. The summed E-state index contributed by atoms with van der Waals surface area (Å²) >= 11 is 6.19. The van der Waals surface area contributed by atoms with E-state index in [9.17, 15) is 18.0 Å². The highest BCUT2D eigenvalue weighted by molar-refractivity contribution is 7.92. The molecule has 3 aromatic carbocycles. The molecule has 0 bridgehead atoms. The number of nitrogens with one attached hydrogen (secondary N) is 1. The summed E-state index contributed by atoms with van der Waals surface area (Å²) in [6.07, 6.45) is 2.07. The van der Waals surface area contributed by atoms with Crippen LogP contribution < -0.4 is 14.4 Å². The number of benzene rings is 3. The van der Waals surface area contributed by atoms with Gasteiger partial charge in [0.05, 0.1) is 17.7 Å². The van der Waals surface area contributed by atoms with Gasteiger partial charge in [-0.3, -0.25) is 13.9 Å². The maximum absolute atomic E-state index is 14.2. The largest absolute Gasteiger partial charge is 0.497 e. The van der Waals surface area contributed by atoms with Gasteiger partial charge >= 0.3 is 0 Å². The monoisotopic (exact) mass is 613 g/mol. The normalized spacial score (nSPS) is 12.0. The summed E-state index contributed by atoms with van der Waals surface area (Å²) in [5, 5.41) is 3.38. The molecule has 2 amide bonds. The number of methoxy groups -OCH3 is 1. The molecule has 3 aromatic rings. The number of carbonyl (C=O) groups is 2. The van der Waals surface area contributed by atoms with Crippen molar-refractivity contribution in [2.24, 2.45) is 0 Å². The van der Waals surface area contributed by atoms with E-state index in [1.807, 2.05) is 32.9 Å². The number of rotatable bonds is 14. The van der Waals surface area contributed by atoms with Crippen molar-refractivity contribution in [2.75, 3.05) is 24.5 Å². The molecular weight excluding hydrogens is 574 g/mol. The molecule has 1 atom stereocenters. The molecule has 0 aromatic heterocycles. The summed E-state index contributed by atoms with van der Waals surface area (Å²) in [4.78, 5) is 29.1. The summed E-state index contributed by atoms with van der Waals surface area (Å²) in [6.45, 7) is 7.55. The Bertz CT molecular complexity index is 1480. The van der Waals surface area contributed by atoms with Crippen LogP contribution in [-0.2, 0) is 26.2 Å². The fourth-order valence-electron chi connectivity index (χ4n) is 4.64. The van der Waals surface area contributed by atoms with Crippen molar-refractivity contribution in [1.29, 1.82) is 0 Å². The standard InChI is InChI=1S/C32H40ClN3O5S/c1-6-8-18-34-32(38)29(7-2)35(21-25-10-9-11-27(20-25)41-5)31(37)22-36(30-17-14-26(33)19-24(30)4)42(39,40)28-15-12-23(3)13-16-28/h9-17,19-20,29H,6-8,18,21-22H2,1-5H3,(H,34,38)/t29-/m0/s1. The molecule has 8 nitrogen and oxygen atoms in total. The first-order valence-electron chi connectivity index (χ1n) is 14.1. The maximum atomic E-state index is 14.2. The van der Waals surface area contributed by atoms with Crippen LogP contribution in [0.4, 0.5) is 5.69 Å². The lowest BCUT2D eigenvalue weighted by Crippen LogP contribution is -2.52. The second kappa shape index (κ2) is 15.1. The maximum Gasteiger partial charge on any atom is 0.264 e. The van der Waals surface area contributed by atoms with Gasteiger partial charge < -0.3 is 15.0 Å². The first kappa shape index (κ1) is 32.9. The fourth-order valence-corrected chi connectivity index (χ4v) is 6.35. The zero-order valence-corrected chi connectivity index (χ0v) is 26.5. The molecule has 0 saturated heterocycles.